The van der Waals surface area contributed by atoms with Crippen LogP contribution in [0, 0.1) is 0 Å². The van der Waals surface area contributed by atoms with Crippen LogP contribution in [0.1, 0.15) is 50.7 Å². The summed E-state index contributed by atoms with van der Waals surface area (Å²) in [4.78, 5) is 11.4. The Bertz CT molecular complexity index is 371. The third kappa shape index (κ3) is 3.22. The van der Waals surface area contributed by atoms with Crippen molar-refractivity contribution in [1.29, 1.82) is 0 Å². The summed E-state index contributed by atoms with van der Waals surface area (Å²) in [6.45, 7) is 8.45. The Kier molecular flexibility index (Phi) is 4.55. The van der Waals surface area contributed by atoms with Crippen molar-refractivity contribution in [1.82, 2.24) is 0 Å². The van der Waals surface area contributed by atoms with Crippen LogP contribution in [0.15, 0.2) is 18.2 Å². The molecule has 1 amide bonds. The minimum Gasteiger partial charge on any atom is -0.453 e. The van der Waals surface area contributed by atoms with Gasteiger partial charge in [0.15, 0.2) is 0 Å². The summed E-state index contributed by atoms with van der Waals surface area (Å²) in [7, 11) is 1.38. The normalized spacial score (nSPS) is 10.8. The molecule has 3 nitrogen and oxygen atoms in total. The second-order valence-electron chi connectivity index (χ2n) is 4.74. The van der Waals surface area contributed by atoms with Crippen molar-refractivity contribution in [3.8, 4) is 0 Å². The number of carbonyl (C=O) groups is 1. The SMILES string of the molecule is COC(=O)Nc1c(C(C)C)cccc1C(C)C. The van der Waals surface area contributed by atoms with Gasteiger partial charge in [-0.2, -0.15) is 0 Å². The molecule has 0 heterocycles. The van der Waals surface area contributed by atoms with Gasteiger partial charge in [0.25, 0.3) is 0 Å². The highest BCUT2D eigenvalue weighted by Crippen LogP contribution is 2.32. The molecule has 0 fully saturated rings. The van der Waals surface area contributed by atoms with Crippen LogP contribution in [0.25, 0.3) is 0 Å². The van der Waals surface area contributed by atoms with Gasteiger partial charge in [0.05, 0.1) is 12.8 Å². The van der Waals surface area contributed by atoms with Crippen LogP contribution in [0.3, 0.4) is 0 Å². The number of amides is 1. The molecule has 3 heteroatoms. The van der Waals surface area contributed by atoms with E-state index in [0.717, 1.165) is 16.8 Å². The van der Waals surface area contributed by atoms with E-state index >= 15 is 0 Å². The van der Waals surface area contributed by atoms with Crippen molar-refractivity contribution in [2.24, 2.45) is 0 Å². The fourth-order valence-electron chi connectivity index (χ4n) is 1.85. The van der Waals surface area contributed by atoms with Crippen molar-refractivity contribution in [2.45, 2.75) is 39.5 Å². The molecule has 0 saturated heterocycles. The number of hydrogen-bond acceptors (Lipinski definition) is 2. The Morgan fingerprint density at radius 2 is 1.59 bits per heavy atom. The molecule has 0 aromatic heterocycles. The number of nitrogens with one attached hydrogen (secondary N) is 1. The van der Waals surface area contributed by atoms with Crippen LogP contribution in [0.2, 0.25) is 0 Å². The fourth-order valence-corrected chi connectivity index (χ4v) is 1.85. The lowest BCUT2D eigenvalue weighted by Gasteiger charge is -2.19. The molecule has 0 radical (unpaired) electrons. The number of benzene rings is 1. The number of ether oxygens (including phenoxy) is 1. The van der Waals surface area contributed by atoms with Gasteiger partial charge in [-0.15, -0.1) is 0 Å². The van der Waals surface area contributed by atoms with Gasteiger partial charge >= 0.3 is 6.09 Å². The highest BCUT2D eigenvalue weighted by molar-refractivity contribution is 5.87. The number of carbonyl (C=O) groups excluding carboxylic acids is 1. The zero-order chi connectivity index (χ0) is 13.0. The molecule has 0 unspecified atom stereocenters. The first kappa shape index (κ1) is 13.6. The van der Waals surface area contributed by atoms with E-state index in [1.807, 2.05) is 18.2 Å². The summed E-state index contributed by atoms with van der Waals surface area (Å²) in [5.74, 6) is 0.724. The average Bonchev–Trinajstić information content (AvgIpc) is 2.28. The average molecular weight is 235 g/mol. The van der Waals surface area contributed by atoms with E-state index in [1.54, 1.807) is 0 Å². The lowest BCUT2D eigenvalue weighted by molar-refractivity contribution is 0.187. The maximum atomic E-state index is 11.4. The van der Waals surface area contributed by atoms with Crippen molar-refractivity contribution in [3.05, 3.63) is 29.3 Å². The number of methoxy groups -OCH3 is 1. The first-order valence-electron chi connectivity index (χ1n) is 5.95. The molecule has 0 spiro atoms. The second kappa shape index (κ2) is 5.71. The maximum absolute atomic E-state index is 11.4. The third-order valence-electron chi connectivity index (χ3n) is 2.79. The molecule has 0 aliphatic carbocycles. The van der Waals surface area contributed by atoms with Gasteiger partial charge in [0.1, 0.15) is 0 Å². The van der Waals surface area contributed by atoms with E-state index in [1.165, 1.54) is 7.11 Å². The Morgan fingerprint density at radius 3 is 1.94 bits per heavy atom. The van der Waals surface area contributed by atoms with Crippen LogP contribution >= 0.6 is 0 Å². The highest BCUT2D eigenvalue weighted by atomic mass is 16.5. The Morgan fingerprint density at radius 1 is 1.12 bits per heavy atom. The Hall–Kier alpha value is -1.51. The lowest BCUT2D eigenvalue weighted by Crippen LogP contribution is -2.15. The van der Waals surface area contributed by atoms with Crippen LogP contribution in [0.4, 0.5) is 10.5 Å². The fraction of sp³-hybridized carbons (Fsp3) is 0.500. The molecule has 1 aromatic rings. The predicted octanol–water partition coefficient (Wildman–Crippen LogP) is 4.11. The van der Waals surface area contributed by atoms with E-state index in [0.29, 0.717) is 11.8 Å². The van der Waals surface area contributed by atoms with Gasteiger partial charge < -0.3 is 4.74 Å². The minimum atomic E-state index is -0.417. The van der Waals surface area contributed by atoms with Gasteiger partial charge in [0, 0.05) is 0 Å². The summed E-state index contributed by atoms with van der Waals surface area (Å²) in [6.07, 6.45) is -0.417. The van der Waals surface area contributed by atoms with Gasteiger partial charge in [-0.25, -0.2) is 4.79 Å². The summed E-state index contributed by atoms with van der Waals surface area (Å²) in [5, 5.41) is 2.83. The van der Waals surface area contributed by atoms with Crippen LogP contribution in [-0.4, -0.2) is 13.2 Å². The van der Waals surface area contributed by atoms with Gasteiger partial charge in [-0.1, -0.05) is 45.9 Å². The predicted molar refractivity (Wildman–Crippen MR) is 70.6 cm³/mol. The smallest absolute Gasteiger partial charge is 0.411 e. The van der Waals surface area contributed by atoms with Crippen molar-refractivity contribution in [2.75, 3.05) is 12.4 Å². The summed E-state index contributed by atoms with van der Waals surface area (Å²) >= 11 is 0. The highest BCUT2D eigenvalue weighted by Gasteiger charge is 2.15. The lowest BCUT2D eigenvalue weighted by atomic mass is 9.93. The summed E-state index contributed by atoms with van der Waals surface area (Å²) < 4.78 is 4.67. The van der Waals surface area contributed by atoms with E-state index in [2.05, 4.69) is 37.7 Å². The largest absolute Gasteiger partial charge is 0.453 e. The number of para-hydroxylation sites is 1. The van der Waals surface area contributed by atoms with E-state index in [-0.39, 0.29) is 0 Å². The molecular weight excluding hydrogens is 214 g/mol. The molecule has 94 valence electrons. The zero-order valence-corrected chi connectivity index (χ0v) is 11.2. The summed E-state index contributed by atoms with van der Waals surface area (Å²) in [5.41, 5.74) is 3.17. The first-order valence-corrected chi connectivity index (χ1v) is 5.95. The topological polar surface area (TPSA) is 38.3 Å². The molecule has 0 bridgehead atoms. The van der Waals surface area contributed by atoms with E-state index in [9.17, 15) is 4.79 Å². The van der Waals surface area contributed by atoms with Crippen molar-refractivity contribution >= 4 is 11.8 Å². The molecule has 1 rings (SSSR count). The molecule has 1 aromatic carbocycles. The maximum Gasteiger partial charge on any atom is 0.411 e. The first-order chi connectivity index (χ1) is 7.97. The zero-order valence-electron chi connectivity index (χ0n) is 11.2. The third-order valence-corrected chi connectivity index (χ3v) is 2.79. The van der Waals surface area contributed by atoms with Gasteiger partial charge in [-0.3, -0.25) is 5.32 Å². The Balaban J connectivity index is 3.23. The number of anilines is 1. The molecule has 17 heavy (non-hydrogen) atoms. The number of hydrogen-bond donors (Lipinski definition) is 1. The molecule has 1 N–H and O–H groups in total. The van der Waals surface area contributed by atoms with E-state index in [4.69, 9.17) is 0 Å². The van der Waals surface area contributed by atoms with Crippen LogP contribution in [-0.2, 0) is 4.74 Å². The van der Waals surface area contributed by atoms with Crippen molar-refractivity contribution in [3.63, 3.8) is 0 Å². The summed E-state index contributed by atoms with van der Waals surface area (Å²) in [6, 6.07) is 6.12. The standard InChI is InChI=1S/C14H21NO2/c1-9(2)11-7-6-8-12(10(3)4)13(11)15-14(16)17-5/h6-10H,1-5H3,(H,15,16). The minimum absolute atomic E-state index is 0.362. The van der Waals surface area contributed by atoms with Crippen LogP contribution < -0.4 is 5.32 Å². The molecular formula is C14H21NO2. The van der Waals surface area contributed by atoms with E-state index < -0.39 is 6.09 Å². The number of rotatable bonds is 3. The second-order valence-corrected chi connectivity index (χ2v) is 4.74. The molecule has 0 aliphatic rings. The monoisotopic (exact) mass is 235 g/mol. The molecule has 0 aliphatic heterocycles. The molecule has 0 saturated carbocycles. The quantitative estimate of drug-likeness (QED) is 0.856. The van der Waals surface area contributed by atoms with Gasteiger partial charge in [-0.05, 0) is 23.0 Å². The van der Waals surface area contributed by atoms with Gasteiger partial charge in [0.2, 0.25) is 0 Å². The molecule has 0 atom stereocenters. The van der Waals surface area contributed by atoms with Crippen LogP contribution in [0.5, 0.6) is 0 Å². The van der Waals surface area contributed by atoms with Crippen molar-refractivity contribution < 1.29 is 9.53 Å². The Labute approximate surface area is 103 Å².